The Bertz CT molecular complexity index is 1090. The van der Waals surface area contributed by atoms with Crippen LogP contribution >= 0.6 is 11.3 Å². The van der Waals surface area contributed by atoms with E-state index in [0.717, 1.165) is 38.0 Å². The summed E-state index contributed by atoms with van der Waals surface area (Å²) in [5.74, 6) is 0.638. The van der Waals surface area contributed by atoms with E-state index in [2.05, 4.69) is 33.9 Å². The molecule has 0 radical (unpaired) electrons. The number of ether oxygens (including phenoxy) is 2. The number of carbonyl (C=O) groups is 1. The van der Waals surface area contributed by atoms with Crippen LogP contribution in [0.1, 0.15) is 115 Å². The van der Waals surface area contributed by atoms with Gasteiger partial charge < -0.3 is 19.3 Å². The van der Waals surface area contributed by atoms with E-state index < -0.39 is 10.1 Å². The summed E-state index contributed by atoms with van der Waals surface area (Å²) in [5, 5.41) is 4.93. The maximum Gasteiger partial charge on any atom is 0.407 e. The molecule has 2 heterocycles. The highest BCUT2D eigenvalue weighted by Crippen LogP contribution is 2.25. The Kier molecular flexibility index (Phi) is 20.3. The van der Waals surface area contributed by atoms with Gasteiger partial charge in [0.1, 0.15) is 23.3 Å². The van der Waals surface area contributed by atoms with Crippen molar-refractivity contribution in [2.24, 2.45) is 5.92 Å². The molecule has 2 aromatic rings. The summed E-state index contributed by atoms with van der Waals surface area (Å²) in [6, 6.07) is 5.78. The fourth-order valence-corrected chi connectivity index (χ4v) is 6.39. The number of aryl methyl sites for hydroxylation is 2. The van der Waals surface area contributed by atoms with Gasteiger partial charge in [-0.25, -0.2) is 13.2 Å². The van der Waals surface area contributed by atoms with Crippen LogP contribution in [0.2, 0.25) is 0 Å². The maximum absolute atomic E-state index is 11.9. The van der Waals surface area contributed by atoms with Gasteiger partial charge in [0.25, 0.3) is 0 Å². The number of nitrogens with one attached hydrogen (secondary N) is 1. The smallest absolute Gasteiger partial charge is 0.407 e. The summed E-state index contributed by atoms with van der Waals surface area (Å²) in [7, 11) is -4.27. The molecule has 2 atom stereocenters. The van der Waals surface area contributed by atoms with Gasteiger partial charge in [0.2, 0.25) is 5.51 Å². The molecule has 1 amide bonds. The molecule has 1 N–H and O–H groups in total. The van der Waals surface area contributed by atoms with Crippen LogP contribution in [0.4, 0.5) is 4.79 Å². The van der Waals surface area contributed by atoms with Gasteiger partial charge in [-0.3, -0.25) is 0 Å². The molecule has 1 fully saturated rings. The molecule has 1 saturated heterocycles. The molecule has 0 unspecified atom stereocenters. The topological polar surface area (TPSA) is 109 Å². The van der Waals surface area contributed by atoms with Crippen LogP contribution in [0.3, 0.4) is 0 Å². The lowest BCUT2D eigenvalue weighted by Gasteiger charge is -2.11. The van der Waals surface area contributed by atoms with Crippen molar-refractivity contribution in [2.75, 3.05) is 19.8 Å². The number of alkyl carbamates (subject to hydrolysis) is 1. The first-order chi connectivity index (χ1) is 21.3. The van der Waals surface area contributed by atoms with Gasteiger partial charge in [-0.05, 0) is 44.2 Å². The van der Waals surface area contributed by atoms with Crippen molar-refractivity contribution in [1.82, 2.24) is 5.32 Å². The third-order valence-electron chi connectivity index (χ3n) is 7.98. The minimum absolute atomic E-state index is 0.0769. The van der Waals surface area contributed by atoms with Gasteiger partial charge in [-0.1, -0.05) is 113 Å². The first kappa shape index (κ1) is 38.2. The molecule has 1 aromatic heterocycles. The van der Waals surface area contributed by atoms with Crippen LogP contribution in [0.5, 0.6) is 0 Å². The zero-order valence-corrected chi connectivity index (χ0v) is 28.7. The fraction of sp³-hybridized carbons (Fsp3) is 0.706. The zero-order chi connectivity index (χ0) is 31.9. The minimum atomic E-state index is -4.27. The number of hydrogen-bond donors (Lipinski definition) is 1. The van der Waals surface area contributed by atoms with Crippen LogP contribution in [-0.2, 0) is 26.1 Å². The van der Waals surface area contributed by atoms with Crippen LogP contribution in [-0.4, -0.2) is 44.9 Å². The van der Waals surface area contributed by atoms with Gasteiger partial charge >= 0.3 is 6.09 Å². The molecular weight excluding hydrogens is 597 g/mol. The summed E-state index contributed by atoms with van der Waals surface area (Å²) < 4.78 is 44.6. The summed E-state index contributed by atoms with van der Waals surface area (Å²) in [5.41, 5.74) is 3.03. The SMILES string of the molecule is CCCCCCCCCCCCCC[C@H]1CO[C@H](COC(=O)NCCCC[n+]2ccsc2)C1.Cc1ccc(S(=O)(=O)[O-])cc1. The Morgan fingerprint density at radius 3 is 2.20 bits per heavy atom. The highest BCUT2D eigenvalue weighted by Gasteiger charge is 2.26. The van der Waals surface area contributed by atoms with Gasteiger partial charge in [0, 0.05) is 13.0 Å². The molecule has 1 aromatic carbocycles. The molecule has 0 saturated carbocycles. The summed E-state index contributed by atoms with van der Waals surface area (Å²) in [4.78, 5) is 11.7. The monoisotopic (exact) mass is 652 g/mol. The number of unbranched alkanes of at least 4 members (excludes halogenated alkanes) is 12. The zero-order valence-electron chi connectivity index (χ0n) is 27.1. The number of amides is 1. The molecule has 3 rings (SSSR count). The molecule has 1 aliphatic heterocycles. The van der Waals surface area contributed by atoms with E-state index in [4.69, 9.17) is 9.47 Å². The van der Waals surface area contributed by atoms with Crippen molar-refractivity contribution in [3.05, 3.63) is 46.9 Å². The molecular formula is C34H56N2O6S2. The van der Waals surface area contributed by atoms with Crippen molar-refractivity contribution in [3.8, 4) is 0 Å². The summed E-state index contributed by atoms with van der Waals surface area (Å²) >= 11 is 1.70. The Balaban J connectivity index is 0.000000514. The van der Waals surface area contributed by atoms with Crippen molar-refractivity contribution >= 4 is 27.5 Å². The summed E-state index contributed by atoms with van der Waals surface area (Å²) in [6.07, 6.45) is 22.9. The molecule has 8 nitrogen and oxygen atoms in total. The summed E-state index contributed by atoms with van der Waals surface area (Å²) in [6.45, 7) is 6.97. The van der Waals surface area contributed by atoms with Crippen LogP contribution in [0, 0.1) is 12.8 Å². The highest BCUT2D eigenvalue weighted by molar-refractivity contribution is 7.85. The predicted molar refractivity (Wildman–Crippen MR) is 176 cm³/mol. The second kappa shape index (κ2) is 23.3. The van der Waals surface area contributed by atoms with Gasteiger partial charge in [-0.15, -0.1) is 0 Å². The quantitative estimate of drug-likeness (QED) is 0.0833. The lowest BCUT2D eigenvalue weighted by Crippen LogP contribution is -2.31. The second-order valence-electron chi connectivity index (χ2n) is 12.0. The van der Waals surface area contributed by atoms with Crippen molar-refractivity contribution in [3.63, 3.8) is 0 Å². The maximum atomic E-state index is 11.9. The molecule has 10 heteroatoms. The number of carbonyl (C=O) groups excluding carboxylic acids is 1. The van der Waals surface area contributed by atoms with Crippen molar-refractivity contribution in [1.29, 1.82) is 0 Å². The predicted octanol–water partition coefficient (Wildman–Crippen LogP) is 7.94. The molecule has 1 aliphatic rings. The van der Waals surface area contributed by atoms with Gasteiger partial charge in [0.15, 0.2) is 6.20 Å². The molecule has 250 valence electrons. The largest absolute Gasteiger partial charge is 0.744 e. The Morgan fingerprint density at radius 1 is 0.977 bits per heavy atom. The molecule has 0 aliphatic carbocycles. The first-order valence-corrected chi connectivity index (χ1v) is 19.1. The van der Waals surface area contributed by atoms with Crippen LogP contribution in [0.15, 0.2) is 46.2 Å². The fourth-order valence-electron chi connectivity index (χ4n) is 5.29. The number of aromatic nitrogens is 1. The van der Waals surface area contributed by atoms with E-state index in [1.165, 1.54) is 95.6 Å². The Morgan fingerprint density at radius 2 is 1.61 bits per heavy atom. The molecule has 44 heavy (non-hydrogen) atoms. The minimum Gasteiger partial charge on any atom is -0.744 e. The van der Waals surface area contributed by atoms with Gasteiger partial charge in [-0.2, -0.15) is 4.57 Å². The number of thiazole rings is 1. The Hall–Kier alpha value is -2.01. The van der Waals surface area contributed by atoms with E-state index in [0.29, 0.717) is 19.1 Å². The van der Waals surface area contributed by atoms with Crippen molar-refractivity contribution in [2.45, 2.75) is 134 Å². The lowest BCUT2D eigenvalue weighted by molar-refractivity contribution is -0.692. The average molecular weight is 653 g/mol. The van der Waals surface area contributed by atoms with Crippen molar-refractivity contribution < 1.29 is 31.8 Å². The number of nitrogens with zero attached hydrogens (tertiary/aromatic N) is 1. The third kappa shape index (κ3) is 18.7. The number of rotatable bonds is 21. The van der Waals surface area contributed by atoms with E-state index in [1.54, 1.807) is 23.5 Å². The average Bonchev–Trinajstić information content (AvgIpc) is 3.69. The molecule has 0 bridgehead atoms. The van der Waals surface area contributed by atoms with E-state index >= 15 is 0 Å². The van der Waals surface area contributed by atoms with E-state index in [-0.39, 0.29) is 17.1 Å². The van der Waals surface area contributed by atoms with Crippen LogP contribution < -0.4 is 9.88 Å². The number of benzene rings is 1. The normalized spacial score (nSPS) is 16.3. The standard InChI is InChI=1S/C27H48N2O3S.C7H8O3S/c1-2-3-4-5-6-7-8-9-10-11-12-13-16-25-21-26(31-22-25)23-32-27(30)28-17-14-15-18-29-19-20-33-24-29;1-6-2-4-7(5-3-6)11(8,9)10/h19-20,24-26H,2-18,21-23H2,1H3;2-5H,1H3,(H,8,9,10)/t25-,26+;/m1./s1. The van der Waals surface area contributed by atoms with E-state index in [1.807, 2.05) is 6.92 Å². The number of hydrogen-bond acceptors (Lipinski definition) is 7. The molecule has 0 spiro atoms. The van der Waals surface area contributed by atoms with Crippen LogP contribution in [0.25, 0.3) is 0 Å². The second-order valence-corrected chi connectivity index (χ2v) is 14.1. The van der Waals surface area contributed by atoms with Gasteiger partial charge in [0.05, 0.1) is 23.0 Å². The lowest BCUT2D eigenvalue weighted by atomic mass is 9.97. The third-order valence-corrected chi connectivity index (χ3v) is 9.50. The Labute approximate surface area is 270 Å². The highest BCUT2D eigenvalue weighted by atomic mass is 32.2. The first-order valence-electron chi connectivity index (χ1n) is 16.7. The van der Waals surface area contributed by atoms with E-state index in [9.17, 15) is 17.8 Å².